The second-order valence-electron chi connectivity index (χ2n) is 9.33. The van der Waals surface area contributed by atoms with Gasteiger partial charge in [-0.1, -0.05) is 76.0 Å². The number of hydrogen-bond acceptors (Lipinski definition) is 14. The van der Waals surface area contributed by atoms with Crippen molar-refractivity contribution in [3.05, 3.63) is 276 Å². The van der Waals surface area contributed by atoms with Crippen LogP contribution in [0, 0.1) is 0 Å². The first-order chi connectivity index (χ1) is 34.1. The van der Waals surface area contributed by atoms with Crippen molar-refractivity contribution in [2.24, 2.45) is 0 Å². The van der Waals surface area contributed by atoms with Crippen LogP contribution in [0.25, 0.3) is 95.8 Å². The molecule has 2 N–H and O–H groups in total. The molecule has 4 radical (unpaired) electrons. The van der Waals surface area contributed by atoms with Crippen molar-refractivity contribution in [3.63, 3.8) is 0 Å². The minimum Gasteiger partial charge on any atom is -0.850 e. The van der Waals surface area contributed by atoms with Crippen LogP contribution in [0.3, 0.4) is 0 Å². The van der Waals surface area contributed by atoms with Gasteiger partial charge in [0, 0.05) is 85.6 Å². The van der Waals surface area contributed by atoms with Crippen LogP contribution >= 0.6 is 0 Å². The van der Waals surface area contributed by atoms with Crippen molar-refractivity contribution in [2.45, 2.75) is 39.6 Å². The largest absolute Gasteiger partial charge is 3.00 e. The molecule has 0 unspecified atom stereocenters. The summed E-state index contributed by atoms with van der Waals surface area (Å²) in [4.78, 5) is 31.7. The van der Waals surface area contributed by atoms with Crippen molar-refractivity contribution in [2.75, 3.05) is 14.2 Å². The molecular weight excluding hydrogens is 1140 g/mol. The molecule has 0 aromatic carbocycles. The zero-order valence-electron chi connectivity index (χ0n) is 38.6. The normalized spacial score (nSPS) is 6.73. The fourth-order valence-electron chi connectivity index (χ4n) is 2.90. The van der Waals surface area contributed by atoms with E-state index in [1.165, 1.54) is 29.5 Å². The molecule has 36 heteroatoms. The first-order valence-electron chi connectivity index (χ1n) is 17.8. The fraction of sp³-hybridized carbons (Fsp3) is 0.211. The monoisotopic (exact) mass is 1190 g/mol. The first-order valence-corrected chi connectivity index (χ1v) is 17.8. The van der Waals surface area contributed by atoms with Crippen LogP contribution in [0.1, 0.15) is 34.2 Å². The molecule has 0 aliphatic heterocycles. The molecule has 396 valence electrons. The molecule has 0 amide bonds. The summed E-state index contributed by atoms with van der Waals surface area (Å²) in [5.74, 6) is 0. The molecule has 0 bridgehead atoms. The predicted molar refractivity (Wildman–Crippen MR) is 244 cm³/mol. The van der Waals surface area contributed by atoms with Crippen molar-refractivity contribution in [1.29, 1.82) is 0 Å². The summed E-state index contributed by atoms with van der Waals surface area (Å²) in [7, 11) is 2.00. The molecule has 6 aromatic heterocycles. The van der Waals surface area contributed by atoms with E-state index in [9.17, 15) is 30.6 Å². The molecule has 0 fully saturated rings. The Labute approximate surface area is 466 Å². The van der Waals surface area contributed by atoms with Gasteiger partial charge in [0.2, 0.25) is 0 Å². The van der Waals surface area contributed by atoms with Crippen molar-refractivity contribution in [3.8, 4) is 0 Å². The van der Waals surface area contributed by atoms with Crippen molar-refractivity contribution in [1.82, 2.24) is 29.9 Å². The minimum atomic E-state index is -0.221. The number of nitrogens with zero attached hydrogens (tertiary/aromatic N) is 24. The van der Waals surface area contributed by atoms with Gasteiger partial charge in [0.05, 0.1) is 0 Å². The van der Waals surface area contributed by atoms with E-state index in [1.807, 2.05) is 0 Å². The maximum atomic E-state index is 10.1. The van der Waals surface area contributed by atoms with E-state index in [2.05, 4.69) is 29.9 Å². The molecule has 74 heavy (non-hydrogen) atoms. The minimum absolute atomic E-state index is 0. The number of aliphatic hydroxyl groups excluding tert-OH is 2. The maximum absolute atomic E-state index is 10.1. The first kappa shape index (κ1) is 96.1. The molecule has 0 aliphatic carbocycles. The van der Waals surface area contributed by atoms with Gasteiger partial charge in [-0.05, 0) is 72.8 Å². The Balaban J connectivity index is -0.0000000573. The average Bonchev–Trinajstić information content (AvgIpc) is 3.43. The molecule has 6 rings (SSSR count). The second kappa shape index (κ2) is 98.9. The maximum Gasteiger partial charge on any atom is 3.00 e. The number of pyridine rings is 6. The van der Waals surface area contributed by atoms with E-state index >= 15 is 0 Å². The molecule has 0 spiro atoms. The number of aromatic nitrogens is 6. The van der Waals surface area contributed by atoms with E-state index in [0.717, 1.165) is 14.2 Å². The van der Waals surface area contributed by atoms with Crippen molar-refractivity contribution < 1.29 is 109 Å². The Kier molecular flexibility index (Phi) is 128. The van der Waals surface area contributed by atoms with Crippen LogP contribution in [-0.4, -0.2) is 54.3 Å². The quantitative estimate of drug-likeness (QED) is 0.103. The standard InChI is InChI=1S/6C6H6NO.2CH4O.4Fe.6N3/c6*8-5-6-3-1-2-4-7-6;2*1-2;;;;;6*1-3-2/h6*1-4H,5H2;2*2H,1H3;;;;;;;;;;/q6*-1;;;4*+3;6*-1. The van der Waals surface area contributed by atoms with Crippen LogP contribution < -0.4 is 30.6 Å². The van der Waals surface area contributed by atoms with E-state index in [4.69, 9.17) is 76.6 Å². The molecule has 6 aromatic rings. The van der Waals surface area contributed by atoms with Gasteiger partial charge in [-0.15, -0.1) is 0 Å². The molecule has 32 nitrogen and oxygen atoms in total. The Morgan fingerprint density at radius 2 is 0.365 bits per heavy atom. The zero-order chi connectivity index (χ0) is 55.2. The van der Waals surface area contributed by atoms with E-state index < -0.39 is 0 Å². The molecule has 0 atom stereocenters. The van der Waals surface area contributed by atoms with Gasteiger partial charge in [-0.25, -0.2) is 0 Å². The van der Waals surface area contributed by atoms with Gasteiger partial charge < -0.3 is 107 Å². The zero-order valence-corrected chi connectivity index (χ0v) is 43.0. The summed E-state index contributed by atoms with van der Waals surface area (Å²) >= 11 is 0. The topological polar surface area (TPSA) is 608 Å². The van der Waals surface area contributed by atoms with Gasteiger partial charge in [0.25, 0.3) is 0 Å². The number of hydrogen-bond donors (Lipinski definition) is 2. The third-order valence-corrected chi connectivity index (χ3v) is 5.24. The third kappa shape index (κ3) is 94.4. The third-order valence-electron chi connectivity index (χ3n) is 5.24. The summed E-state index contributed by atoms with van der Waals surface area (Å²) in [5, 5.41) is 74.4. The summed E-state index contributed by atoms with van der Waals surface area (Å²) in [5.41, 5.74) is 84.6. The fourth-order valence-corrected chi connectivity index (χ4v) is 2.90. The van der Waals surface area contributed by atoms with Gasteiger partial charge >= 0.3 is 68.3 Å². The summed E-state index contributed by atoms with van der Waals surface area (Å²) in [6.07, 6.45) is 9.71. The van der Waals surface area contributed by atoms with Gasteiger partial charge in [-0.3, -0.25) is 59.4 Å². The summed E-state index contributed by atoms with van der Waals surface area (Å²) in [6.45, 7) is -1.33. The molecule has 0 saturated heterocycles. The van der Waals surface area contributed by atoms with E-state index in [1.54, 1.807) is 146 Å². The predicted octanol–water partition coefficient (Wildman–Crippen LogP) is 4.06. The van der Waals surface area contributed by atoms with Gasteiger partial charge in [0.15, 0.2) is 0 Å². The summed E-state index contributed by atoms with van der Waals surface area (Å²) in [6, 6.07) is 31.9. The van der Waals surface area contributed by atoms with E-state index in [-0.39, 0.29) is 108 Å². The molecule has 0 aliphatic rings. The average molecular weight is 1190 g/mol. The Bertz CT molecular complexity index is 1730. The van der Waals surface area contributed by atoms with Crippen LogP contribution in [0.2, 0.25) is 0 Å². The Hall–Kier alpha value is -7.48. The van der Waals surface area contributed by atoms with Crippen LogP contribution in [0.15, 0.2) is 146 Å². The number of aliphatic hydroxyl groups is 2. The van der Waals surface area contributed by atoms with E-state index in [0.29, 0.717) is 34.2 Å². The summed E-state index contributed by atoms with van der Waals surface area (Å²) < 4.78 is 0. The Morgan fingerprint density at radius 3 is 0.405 bits per heavy atom. The smallest absolute Gasteiger partial charge is 0.850 e. The van der Waals surface area contributed by atoms with Crippen LogP contribution in [0.5, 0.6) is 0 Å². The van der Waals surface area contributed by atoms with Crippen LogP contribution in [-0.2, 0) is 108 Å². The molecular formula is C38H44Fe4N24O8. The number of rotatable bonds is 6. The van der Waals surface area contributed by atoms with Gasteiger partial charge in [0.1, 0.15) is 0 Å². The van der Waals surface area contributed by atoms with Gasteiger partial charge in [-0.2, -0.15) is 0 Å². The van der Waals surface area contributed by atoms with Crippen molar-refractivity contribution >= 4 is 0 Å². The van der Waals surface area contributed by atoms with Crippen LogP contribution in [0.4, 0.5) is 0 Å². The SMILES string of the molecule is CO.CO.[Fe+3].[Fe+3].[Fe+3].[Fe+3].[N-]=[N+]=[N-].[N-]=[N+]=[N-].[N-]=[N+]=[N-].[N-]=[N+]=[N-].[N-]=[N+]=[N-].[N-]=[N+]=[N-].[O-]Cc1ccccn1.[O-]Cc1ccccn1.[O-]Cc1ccccn1.[O-]Cc1ccccn1.[O-]Cc1ccccn1.[O-]Cc1ccccn1. The Morgan fingerprint density at radius 1 is 0.270 bits per heavy atom. The molecule has 6 heterocycles. The second-order valence-corrected chi connectivity index (χ2v) is 9.33. The molecule has 0 saturated carbocycles.